The maximum atomic E-state index is 12.5. The highest BCUT2D eigenvalue weighted by molar-refractivity contribution is 7.99. The zero-order valence-corrected chi connectivity index (χ0v) is 15.4. The zero-order chi connectivity index (χ0) is 18.7. The molecule has 8 heteroatoms. The molecule has 0 fully saturated rings. The van der Waals surface area contributed by atoms with Gasteiger partial charge in [0.15, 0.2) is 17.5 Å². The highest BCUT2D eigenvalue weighted by atomic mass is 32.2. The number of fused-ring (bicyclic) bond motifs is 1. The van der Waals surface area contributed by atoms with E-state index in [1.54, 1.807) is 25.2 Å². The van der Waals surface area contributed by atoms with Gasteiger partial charge in [0.2, 0.25) is 0 Å². The summed E-state index contributed by atoms with van der Waals surface area (Å²) < 4.78 is 5.36. The van der Waals surface area contributed by atoms with Gasteiger partial charge in [-0.05, 0) is 24.6 Å². The van der Waals surface area contributed by atoms with Gasteiger partial charge in [0.05, 0.1) is 11.4 Å². The van der Waals surface area contributed by atoms with Crippen molar-refractivity contribution in [3.05, 3.63) is 45.9 Å². The molecule has 1 aliphatic rings. The lowest BCUT2D eigenvalue weighted by Crippen LogP contribution is -2.35. The van der Waals surface area contributed by atoms with Gasteiger partial charge < -0.3 is 14.6 Å². The number of carbonyl (C=O) groups is 2. The van der Waals surface area contributed by atoms with Gasteiger partial charge in [0.1, 0.15) is 5.75 Å². The van der Waals surface area contributed by atoms with E-state index >= 15 is 0 Å². The number of thioether (sulfide) groups is 1. The number of carbonyl (C=O) groups excluding carboxylic acids is 2. The topological polar surface area (TPSA) is 92.4 Å². The first kappa shape index (κ1) is 18.2. The molecule has 0 aliphatic carbocycles. The van der Waals surface area contributed by atoms with Crippen LogP contribution in [0.4, 0.5) is 5.69 Å². The summed E-state index contributed by atoms with van der Waals surface area (Å²) in [4.78, 5) is 44.4. The summed E-state index contributed by atoms with van der Waals surface area (Å²) in [6.07, 6.45) is 1.61. The lowest BCUT2D eigenvalue weighted by atomic mass is 10.1. The number of hydrogen-bond donors (Lipinski definition) is 1. The van der Waals surface area contributed by atoms with Crippen molar-refractivity contribution in [2.75, 3.05) is 24.3 Å². The van der Waals surface area contributed by atoms with Gasteiger partial charge >= 0.3 is 0 Å². The van der Waals surface area contributed by atoms with Crippen LogP contribution in [0.2, 0.25) is 0 Å². The van der Waals surface area contributed by atoms with Gasteiger partial charge in [-0.3, -0.25) is 14.4 Å². The molecule has 1 N–H and O–H groups in total. The molecule has 0 saturated heterocycles. The number of rotatable bonds is 6. The van der Waals surface area contributed by atoms with E-state index in [0.717, 1.165) is 18.5 Å². The molecule has 2 aromatic rings. The van der Waals surface area contributed by atoms with Crippen LogP contribution in [0.5, 0.6) is 5.75 Å². The number of anilines is 1. The number of nitrogens with one attached hydrogen (secondary N) is 1. The van der Waals surface area contributed by atoms with E-state index in [0.29, 0.717) is 22.2 Å². The maximum Gasteiger partial charge on any atom is 0.264 e. The lowest BCUT2D eigenvalue weighted by Gasteiger charge is -2.26. The second-order valence-electron chi connectivity index (χ2n) is 5.93. The predicted octanol–water partition coefficient (Wildman–Crippen LogP) is 2.05. The number of amides is 1. The number of aromatic nitrogens is 2. The number of aryl methyl sites for hydroxylation is 1. The Bertz CT molecular complexity index is 910. The summed E-state index contributed by atoms with van der Waals surface area (Å²) >= 11 is 1.19. The molecule has 1 aliphatic heterocycles. The second kappa shape index (κ2) is 7.74. The molecule has 1 aromatic carbocycles. The first-order valence-electron chi connectivity index (χ1n) is 8.27. The fourth-order valence-electron chi connectivity index (χ4n) is 2.60. The van der Waals surface area contributed by atoms with Crippen LogP contribution in [0.3, 0.4) is 0 Å². The summed E-state index contributed by atoms with van der Waals surface area (Å²) in [6.45, 7) is 2.01. The molecule has 3 rings (SSSR count). The standard InChI is InChI=1S/C18H19N3O4S/c1-3-4-12-8-16(23)20-18(19-12)26-10-14(22)11-5-6-15-13(7-11)21(2)17(24)9-25-15/h5-8H,3-4,9-10H2,1-2H3,(H,19,20,23). The van der Waals surface area contributed by atoms with Gasteiger partial charge in [-0.25, -0.2) is 4.98 Å². The lowest BCUT2D eigenvalue weighted by molar-refractivity contribution is -0.120. The van der Waals surface area contributed by atoms with Gasteiger partial charge in [-0.2, -0.15) is 0 Å². The van der Waals surface area contributed by atoms with Crippen LogP contribution in [0.15, 0.2) is 34.2 Å². The SMILES string of the molecule is CCCc1cc(=O)[nH]c(SCC(=O)c2ccc3c(c2)N(C)C(=O)CO3)n1. The van der Waals surface area contributed by atoms with Crippen molar-refractivity contribution in [2.24, 2.45) is 0 Å². The number of benzene rings is 1. The van der Waals surface area contributed by atoms with Crippen molar-refractivity contribution in [1.82, 2.24) is 9.97 Å². The Labute approximate surface area is 154 Å². The third kappa shape index (κ3) is 3.96. The van der Waals surface area contributed by atoms with Crippen molar-refractivity contribution in [2.45, 2.75) is 24.9 Å². The summed E-state index contributed by atoms with van der Waals surface area (Å²) in [5.41, 5.74) is 1.56. The third-order valence-electron chi connectivity index (χ3n) is 3.99. The smallest absolute Gasteiger partial charge is 0.264 e. The van der Waals surface area contributed by atoms with Crippen molar-refractivity contribution in [3.63, 3.8) is 0 Å². The minimum absolute atomic E-state index is 0.000220. The van der Waals surface area contributed by atoms with Crippen molar-refractivity contribution in [1.29, 1.82) is 0 Å². The van der Waals surface area contributed by atoms with E-state index < -0.39 is 0 Å². The fourth-order valence-corrected chi connectivity index (χ4v) is 3.39. The summed E-state index contributed by atoms with van der Waals surface area (Å²) in [6, 6.07) is 6.50. The van der Waals surface area contributed by atoms with Crippen LogP contribution in [0.1, 0.15) is 29.4 Å². The van der Waals surface area contributed by atoms with Crippen LogP contribution in [0.25, 0.3) is 0 Å². The molecule has 1 aromatic heterocycles. The van der Waals surface area contributed by atoms with Gasteiger partial charge in [0.25, 0.3) is 11.5 Å². The monoisotopic (exact) mass is 373 g/mol. The van der Waals surface area contributed by atoms with E-state index in [1.807, 2.05) is 6.92 Å². The minimum Gasteiger partial charge on any atom is -0.482 e. The largest absolute Gasteiger partial charge is 0.482 e. The Morgan fingerprint density at radius 3 is 2.92 bits per heavy atom. The quantitative estimate of drug-likeness (QED) is 0.473. The molecule has 0 unspecified atom stereocenters. The van der Waals surface area contributed by atoms with Crippen molar-refractivity contribution >= 4 is 29.1 Å². The molecule has 1 amide bonds. The number of Topliss-reactive ketones (excluding diaryl/α,β-unsaturated/α-hetero) is 1. The van der Waals surface area contributed by atoms with Crippen molar-refractivity contribution in [3.8, 4) is 5.75 Å². The number of aromatic amines is 1. The van der Waals surface area contributed by atoms with Crippen LogP contribution >= 0.6 is 11.8 Å². The van der Waals surface area contributed by atoms with Crippen LogP contribution in [0, 0.1) is 0 Å². The highest BCUT2D eigenvalue weighted by Crippen LogP contribution is 2.32. The number of ether oxygens (including phenoxy) is 1. The first-order valence-corrected chi connectivity index (χ1v) is 9.26. The molecule has 26 heavy (non-hydrogen) atoms. The Kier molecular flexibility index (Phi) is 5.41. The Morgan fingerprint density at radius 1 is 1.35 bits per heavy atom. The summed E-state index contributed by atoms with van der Waals surface area (Å²) in [7, 11) is 1.65. The molecular weight excluding hydrogens is 354 g/mol. The molecule has 0 atom stereocenters. The van der Waals surface area contributed by atoms with Gasteiger partial charge in [-0.1, -0.05) is 25.1 Å². The number of H-pyrrole nitrogens is 1. The van der Waals surface area contributed by atoms with Crippen molar-refractivity contribution < 1.29 is 14.3 Å². The van der Waals surface area contributed by atoms with Gasteiger partial charge in [0, 0.05) is 24.4 Å². The van der Waals surface area contributed by atoms with E-state index in [4.69, 9.17) is 4.74 Å². The highest BCUT2D eigenvalue weighted by Gasteiger charge is 2.23. The number of hydrogen-bond acceptors (Lipinski definition) is 6. The Hall–Kier alpha value is -2.61. The molecule has 2 heterocycles. The average Bonchev–Trinajstić information content (AvgIpc) is 2.62. The van der Waals surface area contributed by atoms with Crippen LogP contribution in [-0.4, -0.2) is 41.1 Å². The molecule has 136 valence electrons. The first-order chi connectivity index (χ1) is 12.5. The summed E-state index contributed by atoms with van der Waals surface area (Å²) in [5, 5.41) is 0.433. The number of likely N-dealkylation sites (N-methyl/N-ethyl adjacent to an activating group) is 1. The molecule has 0 bridgehead atoms. The fraction of sp³-hybridized carbons (Fsp3) is 0.333. The normalized spacial score (nSPS) is 13.3. The van der Waals surface area contributed by atoms with Crippen LogP contribution in [-0.2, 0) is 11.2 Å². The van der Waals surface area contributed by atoms with E-state index in [1.165, 1.54) is 22.7 Å². The maximum absolute atomic E-state index is 12.5. The Morgan fingerprint density at radius 2 is 2.15 bits per heavy atom. The third-order valence-corrected chi connectivity index (χ3v) is 4.86. The van der Waals surface area contributed by atoms with E-state index in [2.05, 4.69) is 9.97 Å². The molecule has 0 radical (unpaired) electrons. The van der Waals surface area contributed by atoms with Gasteiger partial charge in [-0.15, -0.1) is 0 Å². The molecule has 0 spiro atoms. The second-order valence-corrected chi connectivity index (χ2v) is 6.89. The van der Waals surface area contributed by atoms with Crippen LogP contribution < -0.4 is 15.2 Å². The molecule has 7 nitrogen and oxygen atoms in total. The van der Waals surface area contributed by atoms with E-state index in [-0.39, 0.29) is 29.6 Å². The predicted molar refractivity (Wildman–Crippen MR) is 99.3 cm³/mol. The Balaban J connectivity index is 1.73. The number of ketones is 1. The minimum atomic E-state index is -0.218. The average molecular weight is 373 g/mol. The molecular formula is C18H19N3O4S. The molecule has 0 saturated carbocycles. The summed E-state index contributed by atoms with van der Waals surface area (Å²) in [5.74, 6) is 0.434. The zero-order valence-electron chi connectivity index (χ0n) is 14.6. The van der Waals surface area contributed by atoms with E-state index in [9.17, 15) is 14.4 Å². The number of nitrogens with zero attached hydrogens (tertiary/aromatic N) is 2.